The standard InChI is InChI=1S/C13H22N4O4/c1-2-20-13(19)17-7-4-10(5-8-17)14-6-3-11-15-12(9-18)21-16-11/h10,14,18H,2-9H2,1H3. The quantitative estimate of drug-likeness (QED) is 0.779. The van der Waals surface area contributed by atoms with Crippen molar-refractivity contribution in [2.75, 3.05) is 26.2 Å². The Kier molecular flexibility index (Phi) is 5.94. The summed E-state index contributed by atoms with van der Waals surface area (Å²) in [5, 5.41) is 16.0. The molecule has 1 aromatic rings. The minimum Gasteiger partial charge on any atom is -0.450 e. The van der Waals surface area contributed by atoms with Crippen molar-refractivity contribution in [3.8, 4) is 0 Å². The molecule has 1 aromatic heterocycles. The molecular formula is C13H22N4O4. The lowest BCUT2D eigenvalue weighted by molar-refractivity contribution is 0.0951. The summed E-state index contributed by atoms with van der Waals surface area (Å²) in [7, 11) is 0. The fourth-order valence-corrected chi connectivity index (χ4v) is 2.32. The Hall–Kier alpha value is -1.67. The van der Waals surface area contributed by atoms with Gasteiger partial charge in [0, 0.05) is 32.1 Å². The van der Waals surface area contributed by atoms with Crippen molar-refractivity contribution in [1.29, 1.82) is 0 Å². The van der Waals surface area contributed by atoms with Gasteiger partial charge in [-0.2, -0.15) is 4.98 Å². The molecule has 0 aromatic carbocycles. The summed E-state index contributed by atoms with van der Waals surface area (Å²) in [6.45, 7) is 4.17. The molecule has 2 rings (SSSR count). The average Bonchev–Trinajstić information content (AvgIpc) is 2.96. The summed E-state index contributed by atoms with van der Waals surface area (Å²) < 4.78 is 9.81. The molecule has 1 aliphatic rings. The van der Waals surface area contributed by atoms with Crippen molar-refractivity contribution in [3.63, 3.8) is 0 Å². The number of carbonyl (C=O) groups is 1. The van der Waals surface area contributed by atoms with Gasteiger partial charge in [0.2, 0.25) is 0 Å². The highest BCUT2D eigenvalue weighted by Gasteiger charge is 2.23. The third-order valence-electron chi connectivity index (χ3n) is 3.45. The smallest absolute Gasteiger partial charge is 0.409 e. The van der Waals surface area contributed by atoms with Crippen LogP contribution in [0.4, 0.5) is 4.79 Å². The highest BCUT2D eigenvalue weighted by atomic mass is 16.6. The van der Waals surface area contributed by atoms with Crippen LogP contribution in [0.5, 0.6) is 0 Å². The normalized spacial score (nSPS) is 16.2. The highest BCUT2D eigenvalue weighted by molar-refractivity contribution is 5.67. The molecule has 118 valence electrons. The van der Waals surface area contributed by atoms with Gasteiger partial charge in [-0.15, -0.1) is 0 Å². The number of piperidine rings is 1. The molecule has 0 bridgehead atoms. The van der Waals surface area contributed by atoms with E-state index in [0.29, 0.717) is 38.0 Å². The van der Waals surface area contributed by atoms with Crippen LogP contribution in [0.2, 0.25) is 0 Å². The zero-order valence-corrected chi connectivity index (χ0v) is 12.2. The van der Waals surface area contributed by atoms with Crippen molar-refractivity contribution in [1.82, 2.24) is 20.4 Å². The molecule has 2 N–H and O–H groups in total. The fraction of sp³-hybridized carbons (Fsp3) is 0.769. The van der Waals surface area contributed by atoms with Crippen LogP contribution in [0.25, 0.3) is 0 Å². The van der Waals surface area contributed by atoms with Gasteiger partial charge in [0.05, 0.1) is 6.61 Å². The molecule has 8 heteroatoms. The van der Waals surface area contributed by atoms with Crippen molar-refractivity contribution >= 4 is 6.09 Å². The van der Waals surface area contributed by atoms with Crippen LogP contribution in [-0.4, -0.2) is 58.5 Å². The van der Waals surface area contributed by atoms with Gasteiger partial charge in [0.25, 0.3) is 5.89 Å². The van der Waals surface area contributed by atoms with E-state index in [4.69, 9.17) is 14.4 Å². The number of nitrogens with one attached hydrogen (secondary N) is 1. The first kappa shape index (κ1) is 15.7. The van der Waals surface area contributed by atoms with Crippen LogP contribution in [-0.2, 0) is 17.8 Å². The van der Waals surface area contributed by atoms with Gasteiger partial charge in [-0.05, 0) is 19.8 Å². The summed E-state index contributed by atoms with van der Waals surface area (Å²) in [4.78, 5) is 17.3. The first-order chi connectivity index (χ1) is 10.2. The molecule has 1 saturated heterocycles. The number of ether oxygens (including phenoxy) is 1. The Labute approximate surface area is 123 Å². The molecule has 0 atom stereocenters. The maximum Gasteiger partial charge on any atom is 0.409 e. The predicted octanol–water partition coefficient (Wildman–Crippen LogP) is 0.315. The number of hydrogen-bond donors (Lipinski definition) is 2. The first-order valence-corrected chi connectivity index (χ1v) is 7.30. The predicted molar refractivity (Wildman–Crippen MR) is 73.5 cm³/mol. The summed E-state index contributed by atoms with van der Waals surface area (Å²) >= 11 is 0. The Bertz CT molecular complexity index is 443. The van der Waals surface area contributed by atoms with E-state index < -0.39 is 0 Å². The number of aliphatic hydroxyl groups is 1. The lowest BCUT2D eigenvalue weighted by Gasteiger charge is -2.31. The first-order valence-electron chi connectivity index (χ1n) is 7.30. The molecule has 1 amide bonds. The second-order valence-electron chi connectivity index (χ2n) is 4.93. The van der Waals surface area contributed by atoms with Gasteiger partial charge in [-0.1, -0.05) is 5.16 Å². The lowest BCUT2D eigenvalue weighted by Crippen LogP contribution is -2.45. The van der Waals surface area contributed by atoms with Gasteiger partial charge in [0.1, 0.15) is 6.61 Å². The van der Waals surface area contributed by atoms with Gasteiger partial charge >= 0.3 is 6.09 Å². The Morgan fingerprint density at radius 3 is 2.90 bits per heavy atom. The van der Waals surface area contributed by atoms with Crippen molar-refractivity contribution in [2.24, 2.45) is 0 Å². The molecule has 21 heavy (non-hydrogen) atoms. The molecule has 0 unspecified atom stereocenters. The monoisotopic (exact) mass is 298 g/mol. The fourth-order valence-electron chi connectivity index (χ4n) is 2.32. The van der Waals surface area contributed by atoms with E-state index in [-0.39, 0.29) is 18.6 Å². The van der Waals surface area contributed by atoms with E-state index in [1.165, 1.54) is 0 Å². The lowest BCUT2D eigenvalue weighted by atomic mass is 10.1. The number of hydrogen-bond acceptors (Lipinski definition) is 7. The maximum absolute atomic E-state index is 11.6. The summed E-state index contributed by atoms with van der Waals surface area (Å²) in [6.07, 6.45) is 2.25. The molecule has 0 radical (unpaired) electrons. The van der Waals surface area contributed by atoms with E-state index in [1.54, 1.807) is 4.90 Å². The second kappa shape index (κ2) is 7.94. The Morgan fingerprint density at radius 1 is 1.52 bits per heavy atom. The molecule has 0 spiro atoms. The Balaban J connectivity index is 1.63. The largest absolute Gasteiger partial charge is 0.450 e. The number of aliphatic hydroxyl groups excluding tert-OH is 1. The third-order valence-corrected chi connectivity index (χ3v) is 3.45. The molecule has 0 aliphatic carbocycles. The molecule has 0 saturated carbocycles. The minimum absolute atomic E-state index is 0.223. The van der Waals surface area contributed by atoms with Crippen LogP contribution in [0, 0.1) is 0 Å². The van der Waals surface area contributed by atoms with E-state index in [1.807, 2.05) is 6.92 Å². The molecule has 2 heterocycles. The zero-order valence-electron chi connectivity index (χ0n) is 12.2. The number of rotatable bonds is 6. The third kappa shape index (κ3) is 4.68. The van der Waals surface area contributed by atoms with Crippen LogP contribution in [0.3, 0.4) is 0 Å². The average molecular weight is 298 g/mol. The van der Waals surface area contributed by atoms with E-state index >= 15 is 0 Å². The summed E-state index contributed by atoms with van der Waals surface area (Å²) in [5.41, 5.74) is 0. The number of amides is 1. The number of carbonyl (C=O) groups excluding carboxylic acids is 1. The van der Waals surface area contributed by atoms with Crippen LogP contribution >= 0.6 is 0 Å². The van der Waals surface area contributed by atoms with Crippen LogP contribution in [0.15, 0.2) is 4.52 Å². The van der Waals surface area contributed by atoms with Crippen molar-refractivity contribution in [3.05, 3.63) is 11.7 Å². The number of aromatic nitrogens is 2. The van der Waals surface area contributed by atoms with E-state index in [9.17, 15) is 4.79 Å². The van der Waals surface area contributed by atoms with Gasteiger partial charge in [0.15, 0.2) is 5.82 Å². The van der Waals surface area contributed by atoms with Crippen molar-refractivity contribution < 1.29 is 19.2 Å². The SMILES string of the molecule is CCOC(=O)N1CCC(NCCc2noc(CO)n2)CC1. The summed E-state index contributed by atoms with van der Waals surface area (Å²) in [5.74, 6) is 0.836. The van der Waals surface area contributed by atoms with Crippen LogP contribution < -0.4 is 5.32 Å². The highest BCUT2D eigenvalue weighted by Crippen LogP contribution is 2.11. The zero-order chi connectivity index (χ0) is 15.1. The van der Waals surface area contributed by atoms with Gasteiger partial charge < -0.3 is 24.6 Å². The molecule has 1 fully saturated rings. The topological polar surface area (TPSA) is 101 Å². The molecule has 1 aliphatic heterocycles. The minimum atomic E-state index is -0.229. The van der Waals surface area contributed by atoms with Gasteiger partial charge in [-0.25, -0.2) is 4.79 Å². The number of likely N-dealkylation sites (tertiary alicyclic amines) is 1. The maximum atomic E-state index is 11.6. The van der Waals surface area contributed by atoms with Gasteiger partial charge in [-0.3, -0.25) is 0 Å². The molecular weight excluding hydrogens is 276 g/mol. The second-order valence-corrected chi connectivity index (χ2v) is 4.93. The van der Waals surface area contributed by atoms with Crippen LogP contribution in [0.1, 0.15) is 31.5 Å². The Morgan fingerprint density at radius 2 is 2.29 bits per heavy atom. The molecule has 8 nitrogen and oxygen atoms in total. The number of nitrogens with zero attached hydrogens (tertiary/aromatic N) is 3. The van der Waals surface area contributed by atoms with E-state index in [0.717, 1.165) is 19.4 Å². The summed E-state index contributed by atoms with van der Waals surface area (Å²) in [6, 6.07) is 0.389. The van der Waals surface area contributed by atoms with Crippen molar-refractivity contribution in [2.45, 2.75) is 38.8 Å². The van der Waals surface area contributed by atoms with E-state index in [2.05, 4.69) is 15.5 Å².